The summed E-state index contributed by atoms with van der Waals surface area (Å²) in [6.45, 7) is 0. The number of nitrogens with one attached hydrogen (secondary N) is 1. The van der Waals surface area contributed by atoms with Gasteiger partial charge in [0.25, 0.3) is 0 Å². The van der Waals surface area contributed by atoms with Crippen LogP contribution in [0.15, 0.2) is 42.5 Å². The van der Waals surface area contributed by atoms with Crippen LogP contribution in [0, 0.1) is 5.92 Å². The maximum Gasteiger partial charge on any atom is 0.0614 e. The van der Waals surface area contributed by atoms with Crippen molar-refractivity contribution in [2.24, 2.45) is 5.92 Å². The molecule has 1 saturated carbocycles. The number of hydrogen-bond donors (Lipinski definition) is 2. The fraction of sp³-hybridized carbons (Fsp3) is 0.333. The van der Waals surface area contributed by atoms with E-state index in [4.69, 9.17) is 17.3 Å². The molecule has 3 N–H and O–H groups in total. The summed E-state index contributed by atoms with van der Waals surface area (Å²) >= 11 is 6.03. The zero-order chi connectivity index (χ0) is 14.4. The van der Waals surface area contributed by atoms with E-state index in [0.29, 0.717) is 17.9 Å². The Labute approximate surface area is 130 Å². The first-order valence-corrected chi connectivity index (χ1v) is 8.02. The molecule has 2 aromatic rings. The Morgan fingerprint density at radius 1 is 1.05 bits per heavy atom. The van der Waals surface area contributed by atoms with Crippen LogP contribution >= 0.6 is 11.6 Å². The number of nitrogen functional groups attached to an aromatic ring is 1. The van der Waals surface area contributed by atoms with Crippen molar-refractivity contribution < 1.29 is 0 Å². The molecule has 21 heavy (non-hydrogen) atoms. The van der Waals surface area contributed by atoms with Crippen molar-refractivity contribution in [1.29, 1.82) is 0 Å². The Bertz CT molecular complexity index is 665. The lowest BCUT2D eigenvalue weighted by Crippen LogP contribution is -2.29. The quantitative estimate of drug-likeness (QED) is 0.729. The molecule has 1 aliphatic heterocycles. The number of fused-ring (bicyclic) bond motifs is 3. The Hall–Kier alpha value is -1.67. The topological polar surface area (TPSA) is 38.0 Å². The van der Waals surface area contributed by atoms with Gasteiger partial charge in [-0.2, -0.15) is 0 Å². The lowest BCUT2D eigenvalue weighted by molar-refractivity contribution is 0.406. The number of nitrogens with two attached hydrogens (primary N) is 1. The molecule has 0 saturated heterocycles. The second-order valence-corrected chi connectivity index (χ2v) is 6.62. The molecule has 2 aliphatic rings. The summed E-state index contributed by atoms with van der Waals surface area (Å²) in [5.41, 5.74) is 10.9. The summed E-state index contributed by atoms with van der Waals surface area (Å²) in [6, 6.07) is 14.9. The molecule has 108 valence electrons. The largest absolute Gasteiger partial charge is 0.397 e. The second-order valence-electron chi connectivity index (χ2n) is 6.19. The van der Waals surface area contributed by atoms with E-state index in [9.17, 15) is 0 Å². The number of rotatable bonds is 1. The van der Waals surface area contributed by atoms with Crippen molar-refractivity contribution in [1.82, 2.24) is 0 Å². The third kappa shape index (κ3) is 2.09. The van der Waals surface area contributed by atoms with Crippen LogP contribution in [0.4, 0.5) is 11.4 Å². The Balaban J connectivity index is 1.79. The first-order chi connectivity index (χ1) is 10.2. The summed E-state index contributed by atoms with van der Waals surface area (Å²) in [7, 11) is 0. The van der Waals surface area contributed by atoms with Gasteiger partial charge in [-0.3, -0.25) is 0 Å². The summed E-state index contributed by atoms with van der Waals surface area (Å²) in [5.74, 6) is 1.28. The molecular weight excluding hydrogens is 280 g/mol. The van der Waals surface area contributed by atoms with E-state index in [2.05, 4.69) is 29.6 Å². The van der Waals surface area contributed by atoms with Gasteiger partial charge in [0.2, 0.25) is 0 Å². The molecule has 1 heterocycles. The molecular formula is C18H19ClN2. The van der Waals surface area contributed by atoms with Crippen molar-refractivity contribution in [3.63, 3.8) is 0 Å². The lowest BCUT2D eigenvalue weighted by atomic mass is 9.77. The molecule has 0 radical (unpaired) electrons. The Kier molecular flexibility index (Phi) is 3.07. The predicted molar refractivity (Wildman–Crippen MR) is 88.8 cm³/mol. The SMILES string of the molecule is Nc1cccc2c1NC(c1ccc(Cl)cc1)C1CCCC21. The van der Waals surface area contributed by atoms with Gasteiger partial charge in [0, 0.05) is 5.02 Å². The molecule has 3 atom stereocenters. The van der Waals surface area contributed by atoms with Gasteiger partial charge in [-0.25, -0.2) is 0 Å². The van der Waals surface area contributed by atoms with Gasteiger partial charge >= 0.3 is 0 Å². The average Bonchev–Trinajstić information content (AvgIpc) is 2.98. The molecule has 1 fully saturated rings. The standard InChI is InChI=1S/C18H19ClN2/c19-12-9-7-11(8-10-12)17-14-4-1-3-13(14)15-5-2-6-16(20)18(15)21-17/h2,5-10,13-14,17,21H,1,3-4,20H2. The zero-order valence-electron chi connectivity index (χ0n) is 11.9. The van der Waals surface area contributed by atoms with Crippen molar-refractivity contribution in [2.45, 2.75) is 31.2 Å². The summed E-state index contributed by atoms with van der Waals surface area (Å²) < 4.78 is 0. The van der Waals surface area contributed by atoms with E-state index < -0.39 is 0 Å². The lowest BCUT2D eigenvalue weighted by Gasteiger charge is -2.38. The van der Waals surface area contributed by atoms with Crippen LogP contribution in [-0.4, -0.2) is 0 Å². The van der Waals surface area contributed by atoms with E-state index in [1.54, 1.807) is 0 Å². The minimum absolute atomic E-state index is 0.340. The van der Waals surface area contributed by atoms with E-state index >= 15 is 0 Å². The highest BCUT2D eigenvalue weighted by atomic mass is 35.5. The van der Waals surface area contributed by atoms with Gasteiger partial charge in [-0.05, 0) is 54.0 Å². The van der Waals surface area contributed by atoms with Gasteiger partial charge in [0.15, 0.2) is 0 Å². The van der Waals surface area contributed by atoms with E-state index in [0.717, 1.165) is 16.4 Å². The molecule has 3 unspecified atom stereocenters. The molecule has 0 spiro atoms. The number of anilines is 2. The highest BCUT2D eigenvalue weighted by molar-refractivity contribution is 6.30. The maximum atomic E-state index is 6.20. The summed E-state index contributed by atoms with van der Waals surface area (Å²) in [5, 5.41) is 4.49. The van der Waals surface area contributed by atoms with E-state index in [1.165, 1.54) is 30.4 Å². The molecule has 0 amide bonds. The normalized spacial score (nSPS) is 26.8. The van der Waals surface area contributed by atoms with Crippen LogP contribution in [-0.2, 0) is 0 Å². The van der Waals surface area contributed by atoms with Gasteiger partial charge in [0.05, 0.1) is 17.4 Å². The van der Waals surface area contributed by atoms with Gasteiger partial charge in [-0.1, -0.05) is 42.3 Å². The Morgan fingerprint density at radius 3 is 2.67 bits per heavy atom. The van der Waals surface area contributed by atoms with Crippen LogP contribution < -0.4 is 11.1 Å². The zero-order valence-corrected chi connectivity index (χ0v) is 12.6. The van der Waals surface area contributed by atoms with Crippen LogP contribution in [0.2, 0.25) is 5.02 Å². The number of hydrogen-bond acceptors (Lipinski definition) is 2. The summed E-state index contributed by atoms with van der Waals surface area (Å²) in [4.78, 5) is 0. The molecule has 2 aromatic carbocycles. The first kappa shape index (κ1) is 13.0. The number of halogens is 1. The highest BCUT2D eigenvalue weighted by Crippen LogP contribution is 2.53. The van der Waals surface area contributed by atoms with E-state index in [-0.39, 0.29) is 0 Å². The van der Waals surface area contributed by atoms with Gasteiger partial charge in [0.1, 0.15) is 0 Å². The minimum Gasteiger partial charge on any atom is -0.397 e. The van der Waals surface area contributed by atoms with Crippen LogP contribution in [0.5, 0.6) is 0 Å². The third-order valence-electron chi connectivity index (χ3n) is 5.05. The fourth-order valence-corrected chi connectivity index (χ4v) is 4.23. The van der Waals surface area contributed by atoms with Crippen molar-refractivity contribution in [3.8, 4) is 0 Å². The van der Waals surface area contributed by atoms with Gasteiger partial charge < -0.3 is 11.1 Å². The number of benzene rings is 2. The van der Waals surface area contributed by atoms with Crippen molar-refractivity contribution in [3.05, 3.63) is 58.6 Å². The molecule has 4 rings (SSSR count). The summed E-state index contributed by atoms with van der Waals surface area (Å²) in [6.07, 6.45) is 3.85. The molecule has 0 aromatic heterocycles. The first-order valence-electron chi connectivity index (χ1n) is 7.64. The van der Waals surface area contributed by atoms with Crippen LogP contribution in [0.1, 0.15) is 42.3 Å². The van der Waals surface area contributed by atoms with Crippen LogP contribution in [0.3, 0.4) is 0 Å². The predicted octanol–water partition coefficient (Wildman–Crippen LogP) is 4.97. The third-order valence-corrected chi connectivity index (χ3v) is 5.31. The fourth-order valence-electron chi connectivity index (χ4n) is 4.10. The maximum absolute atomic E-state index is 6.20. The molecule has 2 nitrogen and oxygen atoms in total. The molecule has 3 heteroatoms. The van der Waals surface area contributed by atoms with Crippen LogP contribution in [0.25, 0.3) is 0 Å². The number of para-hydroxylation sites is 1. The van der Waals surface area contributed by atoms with E-state index in [1.807, 2.05) is 18.2 Å². The Morgan fingerprint density at radius 2 is 1.86 bits per heavy atom. The smallest absolute Gasteiger partial charge is 0.0614 e. The monoisotopic (exact) mass is 298 g/mol. The average molecular weight is 299 g/mol. The van der Waals surface area contributed by atoms with Crippen molar-refractivity contribution >= 4 is 23.0 Å². The second kappa shape index (κ2) is 4.96. The van der Waals surface area contributed by atoms with Crippen molar-refractivity contribution in [2.75, 3.05) is 11.1 Å². The van der Waals surface area contributed by atoms with Gasteiger partial charge in [-0.15, -0.1) is 0 Å². The highest BCUT2D eigenvalue weighted by Gasteiger charge is 2.40. The molecule has 1 aliphatic carbocycles. The molecule has 0 bridgehead atoms. The minimum atomic E-state index is 0.340.